The maximum atomic E-state index is 13.5. The quantitative estimate of drug-likeness (QED) is 0.160. The minimum absolute atomic E-state index is 0.174. The minimum atomic E-state index is -0.182. The molecule has 1 atom stereocenters. The van der Waals surface area contributed by atoms with E-state index in [0.29, 0.717) is 34.3 Å². The standard InChI is InChI=1S/C35H32O6/c1-22-10-6-7-11-25(22)34-26-12-8-9-13-29(26)41-35(24-15-19-31(38-3)33(21-24)40-5)27(34)16-17-28(36)23-14-18-30(37-2)32(20-23)39-4/h6-21,34H,1-5H3/b17-16+/t34-/m1/s1. The molecule has 0 aromatic heterocycles. The molecule has 0 saturated heterocycles. The lowest BCUT2D eigenvalue weighted by Gasteiger charge is -2.31. The molecule has 0 N–H and O–H groups in total. The lowest BCUT2D eigenvalue weighted by atomic mass is 9.79. The van der Waals surface area contributed by atoms with Gasteiger partial charge in [0.05, 0.1) is 28.4 Å². The summed E-state index contributed by atoms with van der Waals surface area (Å²) in [4.78, 5) is 13.5. The van der Waals surface area contributed by atoms with E-state index in [1.165, 1.54) is 0 Å². The number of ether oxygens (including phenoxy) is 5. The van der Waals surface area contributed by atoms with Crippen LogP contribution >= 0.6 is 0 Å². The molecule has 0 spiro atoms. The zero-order valence-corrected chi connectivity index (χ0v) is 23.8. The summed E-state index contributed by atoms with van der Waals surface area (Å²) >= 11 is 0. The Kier molecular flexibility index (Phi) is 8.11. The second kappa shape index (κ2) is 12.0. The lowest BCUT2D eigenvalue weighted by molar-refractivity contribution is 0.104. The Morgan fingerprint density at radius 1 is 0.707 bits per heavy atom. The number of carbonyl (C=O) groups is 1. The van der Waals surface area contributed by atoms with Crippen LogP contribution in [0.5, 0.6) is 28.7 Å². The number of hydrogen-bond acceptors (Lipinski definition) is 6. The summed E-state index contributed by atoms with van der Waals surface area (Å²) in [5, 5.41) is 0. The fourth-order valence-electron chi connectivity index (χ4n) is 5.15. The smallest absolute Gasteiger partial charge is 0.185 e. The van der Waals surface area contributed by atoms with Gasteiger partial charge in [0.2, 0.25) is 0 Å². The first-order chi connectivity index (χ1) is 20.0. The largest absolute Gasteiger partial charge is 0.493 e. The van der Waals surface area contributed by atoms with Gasteiger partial charge in [-0.3, -0.25) is 4.79 Å². The van der Waals surface area contributed by atoms with Crippen LogP contribution in [0.3, 0.4) is 0 Å². The number of benzene rings is 4. The van der Waals surface area contributed by atoms with E-state index in [2.05, 4.69) is 25.1 Å². The lowest BCUT2D eigenvalue weighted by Crippen LogP contribution is -2.16. The molecule has 0 fully saturated rings. The SMILES string of the molecule is COc1ccc(C(=O)/C=C/C2=C(c3ccc(OC)c(OC)c3)Oc3ccccc3[C@H]2c2ccccc2C)cc1OC. The first-order valence-electron chi connectivity index (χ1n) is 13.2. The Balaban J connectivity index is 1.70. The number of rotatable bonds is 9. The molecule has 208 valence electrons. The molecule has 0 amide bonds. The second-order valence-electron chi connectivity index (χ2n) is 9.55. The molecular formula is C35H32O6. The van der Waals surface area contributed by atoms with Crippen LogP contribution in [0.1, 0.15) is 38.5 Å². The highest BCUT2D eigenvalue weighted by Crippen LogP contribution is 2.47. The third-order valence-electron chi connectivity index (χ3n) is 7.24. The van der Waals surface area contributed by atoms with E-state index in [1.807, 2.05) is 54.6 Å². The molecule has 1 aliphatic rings. The van der Waals surface area contributed by atoms with Gasteiger partial charge in [-0.05, 0) is 66.6 Å². The Hall–Kier alpha value is -4.97. The highest BCUT2D eigenvalue weighted by atomic mass is 16.5. The van der Waals surface area contributed by atoms with Gasteiger partial charge in [0, 0.05) is 28.2 Å². The third-order valence-corrected chi connectivity index (χ3v) is 7.24. The van der Waals surface area contributed by atoms with Gasteiger partial charge in [-0.2, -0.15) is 0 Å². The normalized spacial score (nSPS) is 14.3. The molecule has 6 heteroatoms. The predicted octanol–water partition coefficient (Wildman–Crippen LogP) is 7.40. The van der Waals surface area contributed by atoms with Gasteiger partial charge in [0.1, 0.15) is 11.5 Å². The Bertz CT molecular complexity index is 1650. The van der Waals surface area contributed by atoms with Crippen molar-refractivity contribution in [3.05, 3.63) is 130 Å². The zero-order chi connectivity index (χ0) is 28.9. The predicted molar refractivity (Wildman–Crippen MR) is 160 cm³/mol. The number of fused-ring (bicyclic) bond motifs is 1. The van der Waals surface area contributed by atoms with E-state index in [9.17, 15) is 4.79 Å². The minimum Gasteiger partial charge on any atom is -0.493 e. The summed E-state index contributed by atoms with van der Waals surface area (Å²) in [5.74, 6) is 3.28. The molecule has 0 saturated carbocycles. The molecule has 4 aromatic rings. The van der Waals surface area contributed by atoms with Crippen LogP contribution in [0, 0.1) is 6.92 Å². The highest BCUT2D eigenvalue weighted by molar-refractivity contribution is 6.05. The molecule has 6 nitrogen and oxygen atoms in total. The van der Waals surface area contributed by atoms with Gasteiger partial charge in [-0.1, -0.05) is 48.5 Å². The van der Waals surface area contributed by atoms with Crippen molar-refractivity contribution in [1.82, 2.24) is 0 Å². The van der Waals surface area contributed by atoms with Crippen molar-refractivity contribution >= 4 is 11.5 Å². The summed E-state index contributed by atoms with van der Waals surface area (Å²) in [6.07, 6.45) is 3.44. The molecule has 0 radical (unpaired) electrons. The van der Waals surface area contributed by atoms with E-state index >= 15 is 0 Å². The third kappa shape index (κ3) is 5.41. The topological polar surface area (TPSA) is 63.2 Å². The van der Waals surface area contributed by atoms with Gasteiger partial charge in [0.15, 0.2) is 28.8 Å². The molecule has 4 aromatic carbocycles. The van der Waals surface area contributed by atoms with Crippen LogP contribution in [-0.2, 0) is 0 Å². The average Bonchev–Trinajstić information content (AvgIpc) is 3.02. The number of aryl methyl sites for hydroxylation is 1. The van der Waals surface area contributed by atoms with Gasteiger partial charge in [-0.15, -0.1) is 0 Å². The number of para-hydroxylation sites is 1. The average molecular weight is 549 g/mol. The number of ketones is 1. The van der Waals surface area contributed by atoms with Crippen molar-refractivity contribution in [2.75, 3.05) is 28.4 Å². The Labute approximate surface area is 240 Å². The van der Waals surface area contributed by atoms with E-state index in [4.69, 9.17) is 23.7 Å². The van der Waals surface area contributed by atoms with Crippen molar-refractivity contribution in [1.29, 1.82) is 0 Å². The fraction of sp³-hybridized carbons (Fsp3) is 0.171. The summed E-state index contributed by atoms with van der Waals surface area (Å²) in [7, 11) is 6.32. The molecule has 1 aliphatic heterocycles. The number of allylic oxidation sites excluding steroid dienone is 3. The molecule has 0 unspecified atom stereocenters. The molecular weight excluding hydrogens is 516 g/mol. The first-order valence-corrected chi connectivity index (χ1v) is 13.2. The van der Waals surface area contributed by atoms with Crippen LogP contribution in [-0.4, -0.2) is 34.2 Å². The van der Waals surface area contributed by atoms with E-state index in [1.54, 1.807) is 52.7 Å². The van der Waals surface area contributed by atoms with Crippen LogP contribution < -0.4 is 23.7 Å². The molecule has 1 heterocycles. The van der Waals surface area contributed by atoms with Crippen LogP contribution in [0.2, 0.25) is 0 Å². The van der Waals surface area contributed by atoms with Crippen LogP contribution in [0.25, 0.3) is 5.76 Å². The van der Waals surface area contributed by atoms with E-state index in [0.717, 1.165) is 33.6 Å². The number of methoxy groups -OCH3 is 4. The molecule has 41 heavy (non-hydrogen) atoms. The molecule has 0 bridgehead atoms. The first kappa shape index (κ1) is 27.6. The van der Waals surface area contributed by atoms with Gasteiger partial charge in [-0.25, -0.2) is 0 Å². The van der Waals surface area contributed by atoms with Gasteiger partial charge >= 0.3 is 0 Å². The van der Waals surface area contributed by atoms with Gasteiger partial charge in [0.25, 0.3) is 0 Å². The monoisotopic (exact) mass is 548 g/mol. The maximum absolute atomic E-state index is 13.5. The number of carbonyl (C=O) groups excluding carboxylic acids is 1. The molecule has 0 aliphatic carbocycles. The highest BCUT2D eigenvalue weighted by Gasteiger charge is 2.31. The summed E-state index contributed by atoms with van der Waals surface area (Å²) in [5.41, 5.74) is 5.41. The second-order valence-corrected chi connectivity index (χ2v) is 9.55. The zero-order valence-electron chi connectivity index (χ0n) is 23.8. The maximum Gasteiger partial charge on any atom is 0.185 e. The Morgan fingerprint density at radius 2 is 1.32 bits per heavy atom. The Morgan fingerprint density at radius 3 is 2.00 bits per heavy atom. The fourth-order valence-corrected chi connectivity index (χ4v) is 5.15. The van der Waals surface area contributed by atoms with E-state index < -0.39 is 0 Å². The van der Waals surface area contributed by atoms with Crippen LogP contribution in [0.15, 0.2) is 103 Å². The van der Waals surface area contributed by atoms with Crippen molar-refractivity contribution in [2.24, 2.45) is 0 Å². The number of hydrogen-bond donors (Lipinski definition) is 0. The van der Waals surface area contributed by atoms with Crippen molar-refractivity contribution in [3.8, 4) is 28.7 Å². The summed E-state index contributed by atoms with van der Waals surface area (Å²) < 4.78 is 28.4. The molecule has 5 rings (SSSR count). The summed E-state index contributed by atoms with van der Waals surface area (Å²) in [6, 6.07) is 27.1. The van der Waals surface area contributed by atoms with E-state index in [-0.39, 0.29) is 11.7 Å². The van der Waals surface area contributed by atoms with Crippen LogP contribution in [0.4, 0.5) is 0 Å². The van der Waals surface area contributed by atoms with Crippen molar-refractivity contribution in [3.63, 3.8) is 0 Å². The van der Waals surface area contributed by atoms with Gasteiger partial charge < -0.3 is 23.7 Å². The van der Waals surface area contributed by atoms with Crippen molar-refractivity contribution in [2.45, 2.75) is 12.8 Å². The summed E-state index contributed by atoms with van der Waals surface area (Å²) in [6.45, 7) is 2.10. The van der Waals surface area contributed by atoms with Crippen molar-refractivity contribution < 1.29 is 28.5 Å².